The van der Waals surface area contributed by atoms with Gasteiger partial charge in [0.25, 0.3) is 0 Å². The van der Waals surface area contributed by atoms with Gasteiger partial charge in [0.2, 0.25) is 0 Å². The Morgan fingerprint density at radius 2 is 1.46 bits per heavy atom. The molecule has 0 aliphatic heterocycles. The Bertz CT molecular complexity index is 108. The number of hydrogen-bond acceptors (Lipinski definition) is 0. The molecule has 0 aromatic heterocycles. The topological polar surface area (TPSA) is 19.9 Å². The van der Waals surface area contributed by atoms with Gasteiger partial charge in [-0.2, -0.15) is 0 Å². The molecule has 0 fully saturated rings. The summed E-state index contributed by atoms with van der Waals surface area (Å²) in [7, 11) is 0. The van der Waals surface area contributed by atoms with Gasteiger partial charge in [-0.25, -0.2) is 5.11 Å². The van der Waals surface area contributed by atoms with E-state index in [2.05, 4.69) is 19.1 Å². The largest absolute Gasteiger partial charge is 0.237 e. The maximum atomic E-state index is 10.1. The van der Waals surface area contributed by atoms with Crippen molar-refractivity contribution in [3.8, 4) is 0 Å². The molecule has 0 unspecified atom stereocenters. The van der Waals surface area contributed by atoms with Gasteiger partial charge in [0, 0.05) is 0 Å². The van der Waals surface area contributed by atoms with Crippen molar-refractivity contribution in [1.29, 1.82) is 0 Å². The summed E-state index contributed by atoms with van der Waals surface area (Å²) in [5.74, 6) is 0. The van der Waals surface area contributed by atoms with E-state index in [0.29, 0.717) is 0 Å². The number of hydrogen-bond donors (Lipinski definition) is 0. The second kappa shape index (κ2) is 11.7. The molecule has 0 saturated heterocycles. The van der Waals surface area contributed by atoms with Crippen molar-refractivity contribution >= 4 is 0 Å². The van der Waals surface area contributed by atoms with Crippen molar-refractivity contribution in [1.82, 2.24) is 0 Å². The summed E-state index contributed by atoms with van der Waals surface area (Å²) in [6.07, 6.45) is 14.1. The average Bonchev–Trinajstić information content (AvgIpc) is 2.16. The van der Waals surface area contributed by atoms with Crippen molar-refractivity contribution in [2.24, 2.45) is 0 Å². The van der Waals surface area contributed by atoms with Crippen LogP contribution in [0.5, 0.6) is 0 Å². The molecule has 0 aromatic carbocycles. The van der Waals surface area contributed by atoms with E-state index in [0.717, 1.165) is 19.3 Å². The zero-order valence-electron chi connectivity index (χ0n) is 8.93. The average molecular weight is 183 g/mol. The Morgan fingerprint density at radius 1 is 0.846 bits per heavy atom. The summed E-state index contributed by atoms with van der Waals surface area (Å²) in [5, 5.41) is 10.1. The van der Waals surface area contributed by atoms with Crippen molar-refractivity contribution < 1.29 is 5.11 Å². The minimum atomic E-state index is 0.0876. The first-order valence-corrected chi connectivity index (χ1v) is 5.65. The molecule has 1 radical (unpaired) electrons. The van der Waals surface area contributed by atoms with Gasteiger partial charge < -0.3 is 0 Å². The molecular formula is C12H23O. The van der Waals surface area contributed by atoms with Crippen LogP contribution in [0.1, 0.15) is 58.3 Å². The maximum Gasteiger partial charge on any atom is 0.0822 e. The monoisotopic (exact) mass is 183 g/mol. The number of rotatable bonds is 9. The molecule has 0 aliphatic rings. The quantitative estimate of drug-likeness (QED) is 0.378. The smallest absolute Gasteiger partial charge is 0.0822 e. The van der Waals surface area contributed by atoms with Gasteiger partial charge in [0.15, 0.2) is 0 Å². The van der Waals surface area contributed by atoms with Gasteiger partial charge in [0.1, 0.15) is 0 Å². The third kappa shape index (κ3) is 11.7. The Hall–Kier alpha value is -0.300. The first-order valence-electron chi connectivity index (χ1n) is 5.65. The van der Waals surface area contributed by atoms with Crippen LogP contribution >= 0.6 is 0 Å². The lowest BCUT2D eigenvalue weighted by Crippen LogP contribution is -1.78. The fraction of sp³-hybridized carbons (Fsp3) is 0.833. The highest BCUT2D eigenvalue weighted by Gasteiger charge is 1.85. The molecule has 0 bridgehead atoms. The van der Waals surface area contributed by atoms with Gasteiger partial charge in [-0.1, -0.05) is 38.3 Å². The molecule has 0 aromatic rings. The molecule has 0 amide bonds. The predicted molar refractivity (Wildman–Crippen MR) is 57.3 cm³/mol. The summed E-state index contributed by atoms with van der Waals surface area (Å²) in [4.78, 5) is 0. The van der Waals surface area contributed by atoms with Gasteiger partial charge in [-0.05, 0) is 32.1 Å². The summed E-state index contributed by atoms with van der Waals surface area (Å²) in [5.41, 5.74) is 0. The summed E-state index contributed by atoms with van der Waals surface area (Å²) in [6.45, 7) is 2.32. The Labute approximate surface area is 82.9 Å². The summed E-state index contributed by atoms with van der Waals surface area (Å²) >= 11 is 0. The first kappa shape index (κ1) is 12.7. The van der Waals surface area contributed by atoms with Crippen molar-refractivity contribution in [3.05, 3.63) is 12.2 Å². The highest BCUT2D eigenvalue weighted by atomic mass is 16.2. The van der Waals surface area contributed by atoms with Crippen molar-refractivity contribution in [2.75, 3.05) is 6.61 Å². The van der Waals surface area contributed by atoms with Crippen LogP contribution in [0, 0.1) is 0 Å². The van der Waals surface area contributed by atoms with Gasteiger partial charge in [-0.3, -0.25) is 0 Å². The standard InChI is InChI=1S/C12H23O/c1-2-3-4-5-6-7-8-9-10-11-12-13/h7-8H,2-6,9-12H2,1H3/b8-7-. The van der Waals surface area contributed by atoms with Crippen LogP contribution in [0.4, 0.5) is 0 Å². The zero-order chi connectivity index (χ0) is 9.78. The second-order valence-electron chi connectivity index (χ2n) is 3.52. The van der Waals surface area contributed by atoms with Gasteiger partial charge in [0.05, 0.1) is 6.61 Å². The lowest BCUT2D eigenvalue weighted by atomic mass is 10.1. The van der Waals surface area contributed by atoms with Crippen LogP contribution in [0.2, 0.25) is 0 Å². The Kier molecular flexibility index (Phi) is 11.4. The van der Waals surface area contributed by atoms with Crippen molar-refractivity contribution in [3.63, 3.8) is 0 Å². The normalized spacial score (nSPS) is 11.2. The number of allylic oxidation sites excluding steroid dienone is 2. The minimum Gasteiger partial charge on any atom is -0.237 e. The lowest BCUT2D eigenvalue weighted by molar-refractivity contribution is 0.187. The van der Waals surface area contributed by atoms with Gasteiger partial charge in [-0.15, -0.1) is 0 Å². The third-order valence-corrected chi connectivity index (χ3v) is 2.16. The predicted octanol–water partition coefficient (Wildman–Crippen LogP) is 4.11. The molecule has 0 saturated carbocycles. The molecule has 13 heavy (non-hydrogen) atoms. The second-order valence-corrected chi connectivity index (χ2v) is 3.52. The molecule has 1 heteroatoms. The molecule has 0 rings (SSSR count). The van der Waals surface area contributed by atoms with Crippen LogP contribution in [0.25, 0.3) is 0 Å². The van der Waals surface area contributed by atoms with Gasteiger partial charge >= 0.3 is 0 Å². The molecule has 1 nitrogen and oxygen atoms in total. The summed E-state index contributed by atoms with van der Waals surface area (Å²) < 4.78 is 0. The van der Waals surface area contributed by atoms with E-state index in [4.69, 9.17) is 0 Å². The lowest BCUT2D eigenvalue weighted by Gasteiger charge is -1.94. The van der Waals surface area contributed by atoms with E-state index in [1.807, 2.05) is 0 Å². The van der Waals surface area contributed by atoms with Crippen LogP contribution < -0.4 is 0 Å². The third-order valence-electron chi connectivity index (χ3n) is 2.16. The van der Waals surface area contributed by atoms with Crippen LogP contribution in [-0.2, 0) is 5.11 Å². The highest BCUT2D eigenvalue weighted by Crippen LogP contribution is 2.04. The van der Waals surface area contributed by atoms with E-state index < -0.39 is 0 Å². The van der Waals surface area contributed by atoms with Crippen LogP contribution in [-0.4, -0.2) is 6.61 Å². The number of unbranched alkanes of at least 4 members (excludes halogenated alkanes) is 6. The maximum absolute atomic E-state index is 10.1. The highest BCUT2D eigenvalue weighted by molar-refractivity contribution is 4.81. The molecule has 0 N–H and O–H groups in total. The van der Waals surface area contributed by atoms with Crippen molar-refractivity contribution in [2.45, 2.75) is 58.3 Å². The SMILES string of the molecule is CCCCCC/C=C\CCCC[O]. The van der Waals surface area contributed by atoms with Crippen LogP contribution in [0.3, 0.4) is 0 Å². The molecule has 0 aliphatic carbocycles. The molecular weight excluding hydrogens is 160 g/mol. The minimum absolute atomic E-state index is 0.0876. The Balaban J connectivity index is 2.95. The molecule has 0 spiro atoms. The Morgan fingerprint density at radius 3 is 2.00 bits per heavy atom. The van der Waals surface area contributed by atoms with E-state index in [1.165, 1.54) is 32.1 Å². The van der Waals surface area contributed by atoms with E-state index in [1.54, 1.807) is 0 Å². The van der Waals surface area contributed by atoms with E-state index in [9.17, 15) is 5.11 Å². The zero-order valence-corrected chi connectivity index (χ0v) is 8.93. The molecule has 0 atom stereocenters. The van der Waals surface area contributed by atoms with Crippen LogP contribution in [0.15, 0.2) is 12.2 Å². The molecule has 77 valence electrons. The molecule has 0 heterocycles. The fourth-order valence-corrected chi connectivity index (χ4v) is 1.29. The first-order chi connectivity index (χ1) is 6.41. The van der Waals surface area contributed by atoms with E-state index >= 15 is 0 Å². The van der Waals surface area contributed by atoms with E-state index in [-0.39, 0.29) is 6.61 Å². The fourth-order valence-electron chi connectivity index (χ4n) is 1.29. The summed E-state index contributed by atoms with van der Waals surface area (Å²) in [6, 6.07) is 0.